The summed E-state index contributed by atoms with van der Waals surface area (Å²) < 4.78 is 12.8. The summed E-state index contributed by atoms with van der Waals surface area (Å²) in [6.45, 7) is 7.32. The van der Waals surface area contributed by atoms with E-state index in [4.69, 9.17) is 9.47 Å². The molecule has 3 rings (SSSR count). The van der Waals surface area contributed by atoms with Crippen molar-refractivity contribution in [2.45, 2.75) is 40.2 Å². The first kappa shape index (κ1) is 18.6. The van der Waals surface area contributed by atoms with E-state index in [1.807, 2.05) is 26.0 Å². The van der Waals surface area contributed by atoms with E-state index in [0.29, 0.717) is 17.2 Å². The summed E-state index contributed by atoms with van der Waals surface area (Å²) in [5.74, 6) is 0.771. The zero-order chi connectivity index (χ0) is 19.4. The van der Waals surface area contributed by atoms with Crippen LogP contribution in [0.15, 0.2) is 29.8 Å². The van der Waals surface area contributed by atoms with Crippen molar-refractivity contribution in [3.8, 4) is 17.6 Å². The van der Waals surface area contributed by atoms with Gasteiger partial charge in [-0.2, -0.15) is 5.26 Å². The number of nitrogens with one attached hydrogen (secondary N) is 1. The van der Waals surface area contributed by atoms with Gasteiger partial charge in [-0.25, -0.2) is 0 Å². The predicted octanol–water partition coefficient (Wildman–Crippen LogP) is 4.18. The highest BCUT2D eigenvalue weighted by atomic mass is 16.7. The molecular weight excluding hydrogens is 342 g/mol. The van der Waals surface area contributed by atoms with Crippen molar-refractivity contribution in [2.24, 2.45) is 0 Å². The molecule has 0 bridgehead atoms. The van der Waals surface area contributed by atoms with E-state index in [9.17, 15) is 10.1 Å². The second-order valence-corrected chi connectivity index (χ2v) is 6.52. The zero-order valence-corrected chi connectivity index (χ0v) is 15.8. The van der Waals surface area contributed by atoms with Crippen LogP contribution in [-0.4, -0.2) is 17.3 Å². The molecule has 0 fully saturated rings. The van der Waals surface area contributed by atoms with Crippen LogP contribution < -0.4 is 14.8 Å². The number of nitriles is 1. The van der Waals surface area contributed by atoms with Crippen LogP contribution in [0, 0.1) is 25.2 Å². The molecule has 0 saturated heterocycles. The van der Waals surface area contributed by atoms with E-state index in [1.54, 1.807) is 24.3 Å². The number of carbonyl (C=O) groups excluding carboxylic acids is 1. The minimum Gasteiger partial charge on any atom is -0.454 e. The fourth-order valence-corrected chi connectivity index (χ4v) is 3.11. The molecule has 1 aromatic heterocycles. The molecule has 6 heteroatoms. The molecule has 140 valence electrons. The fourth-order valence-electron chi connectivity index (χ4n) is 3.11. The molecule has 0 spiro atoms. The lowest BCUT2D eigenvalue weighted by Gasteiger charge is -2.08. The summed E-state index contributed by atoms with van der Waals surface area (Å²) >= 11 is 0. The highest BCUT2D eigenvalue weighted by molar-refractivity contribution is 6.09. The number of fused-ring (bicyclic) bond motifs is 1. The van der Waals surface area contributed by atoms with Gasteiger partial charge in [-0.3, -0.25) is 4.79 Å². The summed E-state index contributed by atoms with van der Waals surface area (Å²) in [6.07, 6.45) is 3.85. The topological polar surface area (TPSA) is 76.3 Å². The van der Waals surface area contributed by atoms with Gasteiger partial charge in [0.1, 0.15) is 11.6 Å². The van der Waals surface area contributed by atoms with Gasteiger partial charge < -0.3 is 19.4 Å². The third-order valence-corrected chi connectivity index (χ3v) is 4.64. The van der Waals surface area contributed by atoms with Crippen LogP contribution in [0.3, 0.4) is 0 Å². The van der Waals surface area contributed by atoms with E-state index in [2.05, 4.69) is 16.8 Å². The Hall–Kier alpha value is -3.20. The largest absolute Gasteiger partial charge is 0.454 e. The molecule has 1 aromatic carbocycles. The van der Waals surface area contributed by atoms with Gasteiger partial charge in [-0.05, 0) is 50.1 Å². The van der Waals surface area contributed by atoms with Crippen LogP contribution in [0.5, 0.6) is 11.5 Å². The third kappa shape index (κ3) is 3.98. The first-order chi connectivity index (χ1) is 13.0. The molecule has 2 heterocycles. The van der Waals surface area contributed by atoms with Crippen molar-refractivity contribution in [1.29, 1.82) is 5.26 Å². The van der Waals surface area contributed by atoms with Gasteiger partial charge in [0.25, 0.3) is 5.91 Å². The Morgan fingerprint density at radius 3 is 2.81 bits per heavy atom. The maximum atomic E-state index is 12.5. The lowest BCUT2D eigenvalue weighted by Crippen LogP contribution is -2.13. The summed E-state index contributed by atoms with van der Waals surface area (Å²) in [4.78, 5) is 12.5. The van der Waals surface area contributed by atoms with Crippen molar-refractivity contribution >= 4 is 17.7 Å². The highest BCUT2D eigenvalue weighted by Gasteiger charge is 2.16. The van der Waals surface area contributed by atoms with Crippen molar-refractivity contribution in [2.75, 3.05) is 12.1 Å². The molecule has 0 saturated carbocycles. The second kappa shape index (κ2) is 8.00. The van der Waals surface area contributed by atoms with Crippen LogP contribution >= 0.6 is 0 Å². The van der Waals surface area contributed by atoms with E-state index < -0.39 is 5.91 Å². The molecule has 1 aliphatic rings. The summed E-state index contributed by atoms with van der Waals surface area (Å²) in [6, 6.07) is 9.15. The van der Waals surface area contributed by atoms with Gasteiger partial charge in [-0.1, -0.05) is 13.3 Å². The number of aryl methyl sites for hydroxylation is 1. The number of aromatic nitrogens is 1. The Morgan fingerprint density at radius 1 is 1.30 bits per heavy atom. The summed E-state index contributed by atoms with van der Waals surface area (Å²) in [5, 5.41) is 12.2. The average molecular weight is 365 g/mol. The molecule has 0 radical (unpaired) electrons. The summed E-state index contributed by atoms with van der Waals surface area (Å²) in [5.41, 5.74) is 3.69. The Morgan fingerprint density at radius 2 is 2.07 bits per heavy atom. The molecular formula is C21H23N3O3. The number of nitrogens with zero attached hydrogens (tertiary/aromatic N) is 2. The van der Waals surface area contributed by atoms with Crippen LogP contribution in [0.1, 0.15) is 36.7 Å². The zero-order valence-electron chi connectivity index (χ0n) is 15.8. The molecule has 0 unspecified atom stereocenters. The van der Waals surface area contributed by atoms with Crippen LogP contribution in [-0.2, 0) is 11.3 Å². The normalized spacial score (nSPS) is 12.7. The molecule has 1 aliphatic heterocycles. The second-order valence-electron chi connectivity index (χ2n) is 6.52. The van der Waals surface area contributed by atoms with Gasteiger partial charge in [0.15, 0.2) is 11.5 Å². The molecule has 0 atom stereocenters. The summed E-state index contributed by atoms with van der Waals surface area (Å²) in [7, 11) is 0. The van der Waals surface area contributed by atoms with Gasteiger partial charge in [0, 0.05) is 29.7 Å². The Labute approximate surface area is 159 Å². The Kier molecular flexibility index (Phi) is 5.51. The molecule has 0 aliphatic carbocycles. The monoisotopic (exact) mass is 365 g/mol. The molecule has 1 N–H and O–H groups in total. The average Bonchev–Trinajstić information content (AvgIpc) is 3.22. The maximum Gasteiger partial charge on any atom is 0.266 e. The van der Waals surface area contributed by atoms with Crippen molar-refractivity contribution in [1.82, 2.24) is 4.57 Å². The number of carbonyl (C=O) groups is 1. The van der Waals surface area contributed by atoms with Crippen LogP contribution in [0.25, 0.3) is 6.08 Å². The number of ether oxygens (including phenoxy) is 2. The predicted molar refractivity (Wildman–Crippen MR) is 104 cm³/mol. The highest BCUT2D eigenvalue weighted by Crippen LogP contribution is 2.34. The molecule has 6 nitrogen and oxygen atoms in total. The van der Waals surface area contributed by atoms with E-state index in [-0.39, 0.29) is 12.4 Å². The lowest BCUT2D eigenvalue weighted by atomic mass is 10.1. The number of rotatable bonds is 6. The fraction of sp³-hybridized carbons (Fsp3) is 0.333. The van der Waals surface area contributed by atoms with Crippen molar-refractivity contribution in [3.63, 3.8) is 0 Å². The first-order valence-corrected chi connectivity index (χ1v) is 9.03. The van der Waals surface area contributed by atoms with Gasteiger partial charge in [0.2, 0.25) is 6.79 Å². The number of unbranched alkanes of at least 4 members (excludes halogenated alkanes) is 1. The number of benzene rings is 1. The molecule has 1 amide bonds. The minimum absolute atomic E-state index is 0.0587. The van der Waals surface area contributed by atoms with Crippen LogP contribution in [0.2, 0.25) is 0 Å². The van der Waals surface area contributed by atoms with Crippen molar-refractivity contribution < 1.29 is 14.3 Å². The van der Waals surface area contributed by atoms with Gasteiger partial charge in [0.05, 0.1) is 0 Å². The first-order valence-electron chi connectivity index (χ1n) is 9.03. The number of hydrogen-bond acceptors (Lipinski definition) is 4. The van der Waals surface area contributed by atoms with E-state index in [0.717, 1.165) is 36.3 Å². The van der Waals surface area contributed by atoms with Gasteiger partial charge >= 0.3 is 0 Å². The Balaban J connectivity index is 1.80. The molecule has 27 heavy (non-hydrogen) atoms. The van der Waals surface area contributed by atoms with E-state index in [1.165, 1.54) is 0 Å². The standard InChI is InChI=1S/C21H23N3O3/c1-4-5-8-24-14(2)9-16(15(24)3)10-17(12-22)21(25)23-18-6-7-19-20(11-18)27-13-26-19/h6-7,9-11H,4-5,8,13H2,1-3H3,(H,23,25)/b17-10+. The lowest BCUT2D eigenvalue weighted by molar-refractivity contribution is -0.112. The quantitative estimate of drug-likeness (QED) is 0.615. The molecule has 2 aromatic rings. The Bertz CT molecular complexity index is 935. The minimum atomic E-state index is -0.449. The number of amides is 1. The number of anilines is 1. The smallest absolute Gasteiger partial charge is 0.266 e. The third-order valence-electron chi connectivity index (χ3n) is 4.64. The van der Waals surface area contributed by atoms with Crippen LogP contribution in [0.4, 0.5) is 5.69 Å². The van der Waals surface area contributed by atoms with Gasteiger partial charge in [-0.15, -0.1) is 0 Å². The SMILES string of the molecule is CCCCn1c(C)cc(/C=C(\C#N)C(=O)Nc2ccc3c(c2)OCO3)c1C. The van der Waals surface area contributed by atoms with E-state index >= 15 is 0 Å². The maximum absolute atomic E-state index is 12.5. The number of hydrogen-bond donors (Lipinski definition) is 1. The van der Waals surface area contributed by atoms with Crippen molar-refractivity contribution in [3.05, 3.63) is 46.8 Å².